The van der Waals surface area contributed by atoms with E-state index in [0.29, 0.717) is 12.8 Å². The van der Waals surface area contributed by atoms with Crippen LogP contribution in [0.25, 0.3) is 0 Å². The van der Waals surface area contributed by atoms with Crippen LogP contribution in [0.3, 0.4) is 0 Å². The Morgan fingerprint density at radius 3 is 0.955 bits per heavy atom. The predicted octanol–water partition coefficient (Wildman–Crippen LogP) is 18.8. The summed E-state index contributed by atoms with van der Waals surface area (Å²) < 4.78 is 16.8. The van der Waals surface area contributed by atoms with Crippen LogP contribution in [-0.4, -0.2) is 37.2 Å². The highest BCUT2D eigenvalue weighted by atomic mass is 16.6. The number of carbonyl (C=O) groups excluding carboxylic acids is 3. The van der Waals surface area contributed by atoms with Crippen LogP contribution in [0.4, 0.5) is 0 Å². The fraction of sp³-hybridized carbons (Fsp3) is 0.721. The van der Waals surface area contributed by atoms with Gasteiger partial charge in [0.2, 0.25) is 0 Å². The molecule has 0 saturated heterocycles. The highest BCUT2D eigenvalue weighted by Gasteiger charge is 2.19. The zero-order valence-electron chi connectivity index (χ0n) is 43.9. The molecule has 0 radical (unpaired) electrons. The lowest BCUT2D eigenvalue weighted by Crippen LogP contribution is -2.30. The predicted molar refractivity (Wildman–Crippen MR) is 288 cm³/mol. The Kier molecular flexibility index (Phi) is 52.4. The van der Waals surface area contributed by atoms with E-state index in [-0.39, 0.29) is 37.5 Å². The van der Waals surface area contributed by atoms with Crippen molar-refractivity contribution in [3.63, 3.8) is 0 Å². The number of unbranched alkanes of at least 4 members (excludes halogenated alkanes) is 25. The van der Waals surface area contributed by atoms with E-state index in [1.54, 1.807) is 0 Å². The second-order valence-corrected chi connectivity index (χ2v) is 18.5. The molecule has 0 aliphatic rings. The van der Waals surface area contributed by atoms with E-state index in [2.05, 4.69) is 106 Å². The fourth-order valence-corrected chi connectivity index (χ4v) is 7.63. The first-order chi connectivity index (χ1) is 33.0. The van der Waals surface area contributed by atoms with Crippen LogP contribution in [0.1, 0.15) is 265 Å². The number of carbonyl (C=O) groups is 3. The minimum Gasteiger partial charge on any atom is -0.462 e. The second-order valence-electron chi connectivity index (χ2n) is 18.5. The molecule has 0 amide bonds. The zero-order chi connectivity index (χ0) is 48.6. The number of esters is 3. The van der Waals surface area contributed by atoms with Gasteiger partial charge in [-0.25, -0.2) is 0 Å². The molecule has 6 heteroatoms. The Morgan fingerprint density at radius 1 is 0.313 bits per heavy atom. The summed E-state index contributed by atoms with van der Waals surface area (Å²) in [6.45, 7) is 6.48. The monoisotopic (exact) mass is 933 g/mol. The molecule has 6 nitrogen and oxygen atoms in total. The first-order valence-electron chi connectivity index (χ1n) is 28.1. The van der Waals surface area contributed by atoms with Crippen molar-refractivity contribution in [2.45, 2.75) is 271 Å². The molecule has 0 saturated carbocycles. The molecule has 0 aromatic carbocycles. The van der Waals surface area contributed by atoms with E-state index in [0.717, 1.165) is 103 Å². The molecule has 0 aliphatic carbocycles. The van der Waals surface area contributed by atoms with Gasteiger partial charge in [0.25, 0.3) is 0 Å². The van der Waals surface area contributed by atoms with Crippen LogP contribution in [0.5, 0.6) is 0 Å². The minimum absolute atomic E-state index is 0.0947. The molecule has 0 spiro atoms. The van der Waals surface area contributed by atoms with Gasteiger partial charge < -0.3 is 14.2 Å². The van der Waals surface area contributed by atoms with E-state index in [9.17, 15) is 14.4 Å². The summed E-state index contributed by atoms with van der Waals surface area (Å²) in [7, 11) is 0. The van der Waals surface area contributed by atoms with E-state index in [1.807, 2.05) is 0 Å². The van der Waals surface area contributed by atoms with Gasteiger partial charge in [-0.3, -0.25) is 14.4 Å². The van der Waals surface area contributed by atoms with Crippen LogP contribution in [0.15, 0.2) is 85.1 Å². The van der Waals surface area contributed by atoms with Crippen molar-refractivity contribution in [2.75, 3.05) is 13.2 Å². The first-order valence-corrected chi connectivity index (χ1v) is 28.1. The lowest BCUT2D eigenvalue weighted by atomic mass is 10.1. The third kappa shape index (κ3) is 53.4. The summed E-state index contributed by atoms with van der Waals surface area (Å²) in [5.74, 6) is -0.937. The maximum Gasteiger partial charge on any atom is 0.306 e. The van der Waals surface area contributed by atoms with Gasteiger partial charge >= 0.3 is 17.9 Å². The summed E-state index contributed by atoms with van der Waals surface area (Å²) in [5, 5.41) is 0. The number of ether oxygens (including phenoxy) is 3. The SMILES string of the molecule is CC/C=C\C/C=C\C/C=C\C/C=C\C/C=C\CCCCCC(=O)O[C@@H](COC(=O)CCCCCCC/C=C\CCCCCC)COC(=O)CCCCCCCCC/C=C\CCCCCCCC. The highest BCUT2D eigenvalue weighted by molar-refractivity contribution is 5.71. The molecule has 0 aromatic heterocycles. The molecule has 0 fully saturated rings. The van der Waals surface area contributed by atoms with Crippen LogP contribution < -0.4 is 0 Å². The number of hydrogen-bond acceptors (Lipinski definition) is 6. The second kappa shape index (κ2) is 55.2. The third-order valence-electron chi connectivity index (χ3n) is 11.9. The standard InChI is InChI=1S/C61H104O6/c1-4-7-10-13-16-19-22-25-27-29-30-32-34-37-40-43-46-49-52-55-61(64)67-58(56-65-59(62)53-50-47-44-41-38-35-24-21-18-15-12-9-6-3)57-66-60(63)54-51-48-45-42-39-36-33-31-28-26-23-20-17-14-11-8-5-2/h7,10,16,19,21,24-28,30,32,37,40,58H,4-6,8-9,11-15,17-18,20,22-23,29,31,33-36,38-39,41-57H2,1-3H3/b10-7-,19-16-,24-21-,27-25-,28-26-,32-30-,40-37-/t58-/m0/s1. The Balaban J connectivity index is 4.46. The minimum atomic E-state index is -0.799. The first kappa shape index (κ1) is 63.6. The van der Waals surface area contributed by atoms with E-state index in [4.69, 9.17) is 14.2 Å². The van der Waals surface area contributed by atoms with Crippen LogP contribution in [0.2, 0.25) is 0 Å². The topological polar surface area (TPSA) is 78.9 Å². The Morgan fingerprint density at radius 2 is 0.582 bits per heavy atom. The van der Waals surface area contributed by atoms with Gasteiger partial charge in [0.05, 0.1) is 0 Å². The lowest BCUT2D eigenvalue weighted by molar-refractivity contribution is -0.167. The highest BCUT2D eigenvalue weighted by Crippen LogP contribution is 2.14. The lowest BCUT2D eigenvalue weighted by Gasteiger charge is -2.18. The summed E-state index contributed by atoms with van der Waals surface area (Å²) in [6.07, 6.45) is 71.4. The van der Waals surface area contributed by atoms with E-state index >= 15 is 0 Å². The molecular weight excluding hydrogens is 829 g/mol. The number of hydrogen-bond donors (Lipinski definition) is 0. The van der Waals surface area contributed by atoms with Crippen molar-refractivity contribution in [3.05, 3.63) is 85.1 Å². The molecule has 0 aromatic rings. The molecule has 384 valence electrons. The fourth-order valence-electron chi connectivity index (χ4n) is 7.63. The molecule has 0 heterocycles. The van der Waals surface area contributed by atoms with Gasteiger partial charge in [-0.15, -0.1) is 0 Å². The normalized spacial score (nSPS) is 12.7. The Bertz CT molecular complexity index is 1300. The smallest absolute Gasteiger partial charge is 0.306 e. The molecule has 0 unspecified atom stereocenters. The van der Waals surface area contributed by atoms with Crippen molar-refractivity contribution in [1.82, 2.24) is 0 Å². The average Bonchev–Trinajstić information content (AvgIpc) is 3.33. The van der Waals surface area contributed by atoms with Crippen molar-refractivity contribution < 1.29 is 28.6 Å². The molecule has 1 atom stereocenters. The van der Waals surface area contributed by atoms with Gasteiger partial charge in [-0.05, 0) is 116 Å². The Hall–Kier alpha value is -3.41. The van der Waals surface area contributed by atoms with Gasteiger partial charge in [0.1, 0.15) is 13.2 Å². The van der Waals surface area contributed by atoms with Crippen LogP contribution in [-0.2, 0) is 28.6 Å². The number of rotatable bonds is 50. The van der Waals surface area contributed by atoms with E-state index < -0.39 is 6.10 Å². The van der Waals surface area contributed by atoms with Crippen molar-refractivity contribution in [1.29, 1.82) is 0 Å². The molecule has 0 bridgehead atoms. The quantitative estimate of drug-likeness (QED) is 0.0262. The molecule has 67 heavy (non-hydrogen) atoms. The zero-order valence-corrected chi connectivity index (χ0v) is 43.9. The maximum absolute atomic E-state index is 12.8. The largest absolute Gasteiger partial charge is 0.462 e. The average molecular weight is 933 g/mol. The number of allylic oxidation sites excluding steroid dienone is 14. The van der Waals surface area contributed by atoms with E-state index in [1.165, 1.54) is 122 Å². The summed E-state index contributed by atoms with van der Waals surface area (Å²) in [4.78, 5) is 38.1. The summed E-state index contributed by atoms with van der Waals surface area (Å²) in [6, 6.07) is 0. The molecular formula is C61H104O6. The van der Waals surface area contributed by atoms with Crippen molar-refractivity contribution in [2.24, 2.45) is 0 Å². The van der Waals surface area contributed by atoms with Gasteiger partial charge in [0, 0.05) is 19.3 Å². The summed E-state index contributed by atoms with van der Waals surface area (Å²) in [5.41, 5.74) is 0. The maximum atomic E-state index is 12.8. The molecule has 0 rings (SSSR count). The van der Waals surface area contributed by atoms with Gasteiger partial charge in [0.15, 0.2) is 6.10 Å². The summed E-state index contributed by atoms with van der Waals surface area (Å²) >= 11 is 0. The van der Waals surface area contributed by atoms with Gasteiger partial charge in [-0.1, -0.05) is 215 Å². The molecule has 0 aliphatic heterocycles. The van der Waals surface area contributed by atoms with Crippen LogP contribution in [0, 0.1) is 0 Å². The molecule has 0 N–H and O–H groups in total. The third-order valence-corrected chi connectivity index (χ3v) is 11.9. The van der Waals surface area contributed by atoms with Gasteiger partial charge in [-0.2, -0.15) is 0 Å². The van der Waals surface area contributed by atoms with Crippen molar-refractivity contribution >= 4 is 17.9 Å². The van der Waals surface area contributed by atoms with Crippen molar-refractivity contribution in [3.8, 4) is 0 Å². The van der Waals surface area contributed by atoms with Crippen LogP contribution >= 0.6 is 0 Å². The Labute approximate surface area is 414 Å².